The van der Waals surface area contributed by atoms with E-state index in [-0.39, 0.29) is 11.8 Å². The Kier molecular flexibility index (Phi) is 5.94. The molecule has 3 rings (SSSR count). The topological polar surface area (TPSA) is 53.1 Å². The number of ether oxygens (including phenoxy) is 1. The van der Waals surface area contributed by atoms with Crippen molar-refractivity contribution in [2.75, 3.05) is 59.0 Å². The van der Waals surface area contributed by atoms with Gasteiger partial charge in [-0.3, -0.25) is 14.5 Å². The number of rotatable bonds is 4. The highest BCUT2D eigenvalue weighted by atomic mass is 16.5. The number of nitrogens with zero attached hydrogens (tertiary/aromatic N) is 3. The van der Waals surface area contributed by atoms with Gasteiger partial charge in [0.2, 0.25) is 11.8 Å². The van der Waals surface area contributed by atoms with Gasteiger partial charge < -0.3 is 14.5 Å². The normalized spacial score (nSPS) is 19.5. The van der Waals surface area contributed by atoms with Gasteiger partial charge in [-0.05, 0) is 19.4 Å². The fourth-order valence-electron chi connectivity index (χ4n) is 3.58. The van der Waals surface area contributed by atoms with Crippen LogP contribution in [0.3, 0.4) is 0 Å². The van der Waals surface area contributed by atoms with E-state index in [9.17, 15) is 9.59 Å². The molecule has 0 atom stereocenters. The van der Waals surface area contributed by atoms with E-state index in [1.54, 1.807) is 0 Å². The van der Waals surface area contributed by atoms with Gasteiger partial charge in [0.1, 0.15) is 0 Å². The molecule has 0 N–H and O–H groups in total. The zero-order chi connectivity index (χ0) is 18.6. The molecule has 0 saturated carbocycles. The van der Waals surface area contributed by atoms with Crippen molar-refractivity contribution >= 4 is 11.8 Å². The van der Waals surface area contributed by atoms with Crippen LogP contribution < -0.4 is 0 Å². The van der Waals surface area contributed by atoms with Gasteiger partial charge in [0, 0.05) is 39.3 Å². The van der Waals surface area contributed by atoms with Crippen molar-refractivity contribution in [2.24, 2.45) is 0 Å². The molecule has 1 aromatic rings. The molecular weight excluding hydrogens is 330 g/mol. The van der Waals surface area contributed by atoms with Crippen LogP contribution in [0.4, 0.5) is 0 Å². The first-order chi connectivity index (χ1) is 12.5. The van der Waals surface area contributed by atoms with E-state index >= 15 is 0 Å². The van der Waals surface area contributed by atoms with Crippen LogP contribution in [0.25, 0.3) is 0 Å². The SMILES string of the molecule is CC(C)(C(=O)N1CCN(C(=O)CN2CCOCC2)CC1)c1ccccc1. The predicted molar refractivity (Wildman–Crippen MR) is 99.9 cm³/mol. The molecule has 2 amide bonds. The second-order valence-electron chi connectivity index (χ2n) is 7.55. The van der Waals surface area contributed by atoms with E-state index in [2.05, 4.69) is 4.90 Å². The first kappa shape index (κ1) is 18.9. The van der Waals surface area contributed by atoms with E-state index in [1.807, 2.05) is 54.0 Å². The third-order valence-corrected chi connectivity index (χ3v) is 5.41. The minimum absolute atomic E-state index is 0.129. The minimum Gasteiger partial charge on any atom is -0.379 e. The van der Waals surface area contributed by atoms with Crippen LogP contribution in [0, 0.1) is 0 Å². The average molecular weight is 359 g/mol. The highest BCUT2D eigenvalue weighted by Gasteiger charge is 2.35. The lowest BCUT2D eigenvalue weighted by Crippen LogP contribution is -2.56. The molecule has 0 aromatic heterocycles. The Bertz CT molecular complexity index is 618. The van der Waals surface area contributed by atoms with Crippen LogP contribution >= 0.6 is 0 Å². The Morgan fingerprint density at radius 1 is 0.923 bits per heavy atom. The standard InChI is InChI=1S/C20H29N3O3/c1-20(2,17-6-4-3-5-7-17)19(25)23-10-8-22(9-11-23)18(24)16-21-12-14-26-15-13-21/h3-7H,8-16H2,1-2H3. The maximum Gasteiger partial charge on any atom is 0.236 e. The quantitative estimate of drug-likeness (QED) is 0.804. The second-order valence-corrected chi connectivity index (χ2v) is 7.55. The van der Waals surface area contributed by atoms with Crippen molar-refractivity contribution in [3.63, 3.8) is 0 Å². The molecule has 6 nitrogen and oxygen atoms in total. The van der Waals surface area contributed by atoms with E-state index in [4.69, 9.17) is 4.74 Å². The Labute approximate surface area is 155 Å². The molecule has 0 radical (unpaired) electrons. The van der Waals surface area contributed by atoms with Crippen molar-refractivity contribution < 1.29 is 14.3 Å². The summed E-state index contributed by atoms with van der Waals surface area (Å²) in [5.41, 5.74) is 0.470. The zero-order valence-electron chi connectivity index (χ0n) is 15.8. The summed E-state index contributed by atoms with van der Waals surface area (Å²) in [4.78, 5) is 31.4. The minimum atomic E-state index is -0.554. The van der Waals surface area contributed by atoms with E-state index in [0.717, 1.165) is 18.7 Å². The van der Waals surface area contributed by atoms with Crippen LogP contribution in [0.15, 0.2) is 30.3 Å². The first-order valence-corrected chi connectivity index (χ1v) is 9.41. The summed E-state index contributed by atoms with van der Waals surface area (Å²) < 4.78 is 5.32. The summed E-state index contributed by atoms with van der Waals surface area (Å²) in [7, 11) is 0. The second kappa shape index (κ2) is 8.18. The largest absolute Gasteiger partial charge is 0.379 e. The van der Waals surface area contributed by atoms with Gasteiger partial charge in [-0.1, -0.05) is 30.3 Å². The molecule has 2 aliphatic heterocycles. The third-order valence-electron chi connectivity index (χ3n) is 5.41. The van der Waals surface area contributed by atoms with Crippen LogP contribution in [0.1, 0.15) is 19.4 Å². The van der Waals surface area contributed by atoms with Crippen molar-refractivity contribution in [3.05, 3.63) is 35.9 Å². The van der Waals surface area contributed by atoms with E-state index in [0.29, 0.717) is 45.9 Å². The molecule has 0 aliphatic carbocycles. The van der Waals surface area contributed by atoms with E-state index in [1.165, 1.54) is 0 Å². The highest BCUT2D eigenvalue weighted by Crippen LogP contribution is 2.26. The van der Waals surface area contributed by atoms with Crippen LogP contribution in [0.5, 0.6) is 0 Å². The maximum absolute atomic E-state index is 13.0. The molecule has 0 bridgehead atoms. The summed E-state index contributed by atoms with van der Waals surface area (Å²) in [6.07, 6.45) is 0. The van der Waals surface area contributed by atoms with Crippen molar-refractivity contribution in [2.45, 2.75) is 19.3 Å². The number of hydrogen-bond donors (Lipinski definition) is 0. The zero-order valence-corrected chi connectivity index (χ0v) is 15.8. The smallest absolute Gasteiger partial charge is 0.236 e. The monoisotopic (exact) mass is 359 g/mol. The molecule has 142 valence electrons. The van der Waals surface area contributed by atoms with Gasteiger partial charge >= 0.3 is 0 Å². The molecule has 0 unspecified atom stereocenters. The Morgan fingerprint density at radius 3 is 2.12 bits per heavy atom. The summed E-state index contributed by atoms with van der Waals surface area (Å²) in [5, 5.41) is 0. The van der Waals surface area contributed by atoms with Crippen LogP contribution in [-0.2, 0) is 19.7 Å². The van der Waals surface area contributed by atoms with Crippen LogP contribution in [0.2, 0.25) is 0 Å². The summed E-state index contributed by atoms with van der Waals surface area (Å²) in [6.45, 7) is 9.85. The number of hydrogen-bond acceptors (Lipinski definition) is 4. The van der Waals surface area contributed by atoms with Gasteiger partial charge in [-0.25, -0.2) is 0 Å². The van der Waals surface area contributed by atoms with Crippen molar-refractivity contribution in [1.29, 1.82) is 0 Å². The highest BCUT2D eigenvalue weighted by molar-refractivity contribution is 5.87. The number of benzene rings is 1. The van der Waals surface area contributed by atoms with Gasteiger partial charge in [-0.2, -0.15) is 0 Å². The maximum atomic E-state index is 13.0. The Balaban J connectivity index is 1.53. The molecule has 2 fully saturated rings. The molecule has 6 heteroatoms. The van der Waals surface area contributed by atoms with Gasteiger partial charge in [0.15, 0.2) is 0 Å². The molecular formula is C20H29N3O3. The molecule has 2 aliphatic rings. The first-order valence-electron chi connectivity index (χ1n) is 9.41. The Hall–Kier alpha value is -1.92. The van der Waals surface area contributed by atoms with Crippen LogP contribution in [-0.4, -0.2) is 85.5 Å². The van der Waals surface area contributed by atoms with Gasteiger partial charge in [0.25, 0.3) is 0 Å². The molecule has 1 aromatic carbocycles. The summed E-state index contributed by atoms with van der Waals surface area (Å²) in [5.74, 6) is 0.283. The van der Waals surface area contributed by atoms with Crippen molar-refractivity contribution in [1.82, 2.24) is 14.7 Å². The summed E-state index contributed by atoms with van der Waals surface area (Å²) >= 11 is 0. The molecule has 2 heterocycles. The number of amides is 2. The lowest BCUT2D eigenvalue weighted by atomic mass is 9.83. The molecule has 0 spiro atoms. The average Bonchev–Trinajstić information content (AvgIpc) is 2.69. The van der Waals surface area contributed by atoms with Gasteiger partial charge in [0.05, 0.1) is 25.2 Å². The Morgan fingerprint density at radius 2 is 1.50 bits per heavy atom. The lowest BCUT2D eigenvalue weighted by Gasteiger charge is -2.39. The molecule has 26 heavy (non-hydrogen) atoms. The fourth-order valence-corrected chi connectivity index (χ4v) is 3.58. The van der Waals surface area contributed by atoms with Crippen molar-refractivity contribution in [3.8, 4) is 0 Å². The third kappa shape index (κ3) is 4.24. The predicted octanol–water partition coefficient (Wildman–Crippen LogP) is 0.967. The summed E-state index contributed by atoms with van der Waals surface area (Å²) in [6, 6.07) is 9.89. The fraction of sp³-hybridized carbons (Fsp3) is 0.600. The number of carbonyl (C=O) groups is 2. The number of piperazine rings is 1. The van der Waals surface area contributed by atoms with E-state index < -0.39 is 5.41 Å². The number of morpholine rings is 1. The number of carbonyl (C=O) groups excluding carboxylic acids is 2. The molecule has 2 saturated heterocycles. The van der Waals surface area contributed by atoms with Gasteiger partial charge in [-0.15, -0.1) is 0 Å². The lowest BCUT2D eigenvalue weighted by molar-refractivity contribution is -0.143.